The number of aliphatic hydroxyl groups is 1. The maximum atomic E-state index is 10.0. The lowest BCUT2D eigenvalue weighted by molar-refractivity contribution is -0.0661. The number of likely N-dealkylation sites (tertiary alicyclic amines) is 1. The van der Waals surface area contributed by atoms with Gasteiger partial charge in [0, 0.05) is 17.5 Å². The third-order valence-corrected chi connectivity index (χ3v) is 6.66. The predicted octanol–water partition coefficient (Wildman–Crippen LogP) is 4.00. The van der Waals surface area contributed by atoms with E-state index in [0.29, 0.717) is 11.5 Å². The molecule has 0 saturated carbocycles. The van der Waals surface area contributed by atoms with Crippen LogP contribution in [0.5, 0.6) is 0 Å². The van der Waals surface area contributed by atoms with Crippen molar-refractivity contribution >= 4 is 11.0 Å². The van der Waals surface area contributed by atoms with Gasteiger partial charge in [0.05, 0.1) is 25.5 Å². The largest absolute Gasteiger partial charge is 0.392 e. The van der Waals surface area contributed by atoms with Crippen molar-refractivity contribution < 1.29 is 19.1 Å². The molecular formula is C25H30N2O4. The SMILES string of the molecule is OCc1c(-c2ccccc2)ccc2c(CCC3CCN(CC4OCCO4)CC3)noc12. The van der Waals surface area contributed by atoms with E-state index in [2.05, 4.69) is 34.3 Å². The monoisotopic (exact) mass is 422 g/mol. The first kappa shape index (κ1) is 20.6. The van der Waals surface area contributed by atoms with Gasteiger partial charge in [-0.2, -0.15) is 0 Å². The van der Waals surface area contributed by atoms with E-state index in [1.807, 2.05) is 18.2 Å². The summed E-state index contributed by atoms with van der Waals surface area (Å²) in [7, 11) is 0. The second-order valence-electron chi connectivity index (χ2n) is 8.58. The van der Waals surface area contributed by atoms with Gasteiger partial charge in [0.1, 0.15) is 0 Å². The molecule has 0 radical (unpaired) electrons. The van der Waals surface area contributed by atoms with Crippen LogP contribution < -0.4 is 0 Å². The van der Waals surface area contributed by atoms with Gasteiger partial charge in [-0.25, -0.2) is 0 Å². The standard InChI is InChI=1S/C25H30N2O4/c28-17-22-20(19-4-2-1-3-5-19)7-8-21-23(26-31-25(21)22)9-6-18-10-12-27(13-11-18)16-24-29-14-15-30-24/h1-5,7-8,18,24,28H,6,9-17H2. The number of fused-ring (bicyclic) bond motifs is 1. The fraction of sp³-hybridized carbons (Fsp3) is 0.480. The Hall–Kier alpha value is -2.25. The second-order valence-corrected chi connectivity index (χ2v) is 8.58. The van der Waals surface area contributed by atoms with E-state index in [1.165, 1.54) is 12.8 Å². The number of aryl methyl sites for hydroxylation is 1. The Morgan fingerprint density at radius 2 is 1.77 bits per heavy atom. The van der Waals surface area contributed by atoms with Crippen molar-refractivity contribution in [2.24, 2.45) is 5.92 Å². The molecule has 1 N–H and O–H groups in total. The van der Waals surface area contributed by atoms with Crippen molar-refractivity contribution in [3.63, 3.8) is 0 Å². The van der Waals surface area contributed by atoms with E-state index in [4.69, 9.17) is 14.0 Å². The van der Waals surface area contributed by atoms with E-state index >= 15 is 0 Å². The van der Waals surface area contributed by atoms with Gasteiger partial charge >= 0.3 is 0 Å². The van der Waals surface area contributed by atoms with Gasteiger partial charge in [-0.1, -0.05) is 41.6 Å². The van der Waals surface area contributed by atoms with Gasteiger partial charge in [-0.05, 0) is 61.9 Å². The van der Waals surface area contributed by atoms with Crippen molar-refractivity contribution in [2.45, 2.75) is 38.6 Å². The van der Waals surface area contributed by atoms with Crippen molar-refractivity contribution in [3.05, 3.63) is 53.7 Å². The summed E-state index contributed by atoms with van der Waals surface area (Å²) >= 11 is 0. The minimum atomic E-state index is -0.0664. The molecule has 0 atom stereocenters. The molecule has 31 heavy (non-hydrogen) atoms. The highest BCUT2D eigenvalue weighted by molar-refractivity contribution is 5.89. The summed E-state index contributed by atoms with van der Waals surface area (Å²) in [5.41, 5.74) is 4.60. The number of rotatable bonds is 7. The number of aromatic nitrogens is 1. The van der Waals surface area contributed by atoms with Crippen LogP contribution in [0.1, 0.15) is 30.5 Å². The van der Waals surface area contributed by atoms with Gasteiger partial charge in [0.25, 0.3) is 0 Å². The van der Waals surface area contributed by atoms with E-state index < -0.39 is 0 Å². The lowest BCUT2D eigenvalue weighted by Gasteiger charge is -2.32. The smallest absolute Gasteiger partial charge is 0.173 e. The summed E-state index contributed by atoms with van der Waals surface area (Å²) in [6.45, 7) is 4.46. The molecule has 0 unspecified atom stereocenters. The molecule has 0 amide bonds. The minimum Gasteiger partial charge on any atom is -0.392 e. The summed E-state index contributed by atoms with van der Waals surface area (Å²) in [5, 5.41) is 15.4. The Bertz CT molecular complexity index is 989. The lowest BCUT2D eigenvalue weighted by atomic mass is 9.90. The molecule has 5 rings (SSSR count). The average molecular weight is 423 g/mol. The summed E-state index contributed by atoms with van der Waals surface area (Å²) in [4.78, 5) is 2.45. The molecule has 6 nitrogen and oxygen atoms in total. The molecular weight excluding hydrogens is 392 g/mol. The highest BCUT2D eigenvalue weighted by Crippen LogP contribution is 2.33. The van der Waals surface area contributed by atoms with E-state index in [-0.39, 0.29) is 12.9 Å². The van der Waals surface area contributed by atoms with Crippen LogP contribution in [0, 0.1) is 5.92 Å². The van der Waals surface area contributed by atoms with E-state index in [9.17, 15) is 5.11 Å². The summed E-state index contributed by atoms with van der Waals surface area (Å²) < 4.78 is 16.9. The Morgan fingerprint density at radius 1 is 1.00 bits per heavy atom. The Morgan fingerprint density at radius 3 is 2.52 bits per heavy atom. The quantitative estimate of drug-likeness (QED) is 0.621. The zero-order valence-corrected chi connectivity index (χ0v) is 17.8. The van der Waals surface area contributed by atoms with Crippen molar-refractivity contribution in [2.75, 3.05) is 32.8 Å². The van der Waals surface area contributed by atoms with Crippen LogP contribution in [0.4, 0.5) is 0 Å². The molecule has 2 fully saturated rings. The summed E-state index contributed by atoms with van der Waals surface area (Å²) in [6, 6.07) is 14.3. The Kier molecular flexibility index (Phi) is 6.32. The second kappa shape index (κ2) is 9.49. The van der Waals surface area contributed by atoms with Crippen molar-refractivity contribution in [1.82, 2.24) is 10.1 Å². The van der Waals surface area contributed by atoms with Gasteiger partial charge in [-0.15, -0.1) is 0 Å². The molecule has 2 aromatic carbocycles. The van der Waals surface area contributed by atoms with Crippen LogP contribution in [0.25, 0.3) is 22.1 Å². The maximum Gasteiger partial charge on any atom is 0.173 e. The molecule has 164 valence electrons. The van der Waals surface area contributed by atoms with Crippen LogP contribution in [0.3, 0.4) is 0 Å². The lowest BCUT2D eigenvalue weighted by Crippen LogP contribution is -2.39. The van der Waals surface area contributed by atoms with Crippen LogP contribution in [0.2, 0.25) is 0 Å². The molecule has 0 aliphatic carbocycles. The first-order chi connectivity index (χ1) is 15.3. The molecule has 2 aliphatic rings. The molecule has 0 bridgehead atoms. The number of nitrogens with zero attached hydrogens (tertiary/aromatic N) is 2. The normalized spacial score (nSPS) is 18.9. The van der Waals surface area contributed by atoms with E-state index in [1.54, 1.807) is 0 Å². The number of hydrogen-bond donors (Lipinski definition) is 1. The van der Waals surface area contributed by atoms with Crippen LogP contribution in [-0.2, 0) is 22.5 Å². The molecule has 0 spiro atoms. The van der Waals surface area contributed by atoms with Crippen LogP contribution in [-0.4, -0.2) is 54.3 Å². The maximum absolute atomic E-state index is 10.0. The number of ether oxygens (including phenoxy) is 2. The van der Waals surface area contributed by atoms with Crippen molar-refractivity contribution in [1.29, 1.82) is 0 Å². The summed E-state index contributed by atoms with van der Waals surface area (Å²) in [5.74, 6) is 0.703. The third-order valence-electron chi connectivity index (χ3n) is 6.66. The van der Waals surface area contributed by atoms with Crippen LogP contribution >= 0.6 is 0 Å². The fourth-order valence-corrected chi connectivity index (χ4v) is 4.86. The first-order valence-corrected chi connectivity index (χ1v) is 11.3. The van der Waals surface area contributed by atoms with Gasteiger partial charge in [-0.3, -0.25) is 4.90 Å². The zero-order valence-electron chi connectivity index (χ0n) is 17.8. The molecule has 3 aromatic rings. The van der Waals surface area contributed by atoms with Gasteiger partial charge < -0.3 is 19.1 Å². The van der Waals surface area contributed by atoms with Gasteiger partial charge in [0.2, 0.25) is 0 Å². The molecule has 2 aliphatic heterocycles. The topological polar surface area (TPSA) is 68.0 Å². The average Bonchev–Trinajstić information content (AvgIpc) is 3.48. The van der Waals surface area contributed by atoms with Gasteiger partial charge in [0.15, 0.2) is 11.9 Å². The first-order valence-electron chi connectivity index (χ1n) is 11.3. The van der Waals surface area contributed by atoms with E-state index in [0.717, 1.165) is 73.5 Å². The fourth-order valence-electron chi connectivity index (χ4n) is 4.86. The molecule has 3 heterocycles. The number of benzene rings is 2. The number of aliphatic hydroxyl groups excluding tert-OH is 1. The Labute approximate surface area is 182 Å². The molecule has 2 saturated heterocycles. The van der Waals surface area contributed by atoms with Crippen molar-refractivity contribution in [3.8, 4) is 11.1 Å². The number of piperidine rings is 1. The summed E-state index contributed by atoms with van der Waals surface area (Å²) in [6.07, 6.45) is 4.37. The minimum absolute atomic E-state index is 0.0421. The number of hydrogen-bond acceptors (Lipinski definition) is 6. The molecule has 1 aromatic heterocycles. The Balaban J connectivity index is 1.22. The third kappa shape index (κ3) is 4.53. The highest BCUT2D eigenvalue weighted by atomic mass is 16.7. The zero-order chi connectivity index (χ0) is 21.0. The van der Waals surface area contributed by atoms with Crippen LogP contribution in [0.15, 0.2) is 47.0 Å². The molecule has 6 heteroatoms. The highest BCUT2D eigenvalue weighted by Gasteiger charge is 2.25. The predicted molar refractivity (Wildman–Crippen MR) is 119 cm³/mol.